The lowest BCUT2D eigenvalue weighted by molar-refractivity contribution is 0.112. The Morgan fingerprint density at radius 3 is 2.57 bits per heavy atom. The van der Waals surface area contributed by atoms with Crippen LogP contribution in [0.2, 0.25) is 0 Å². The van der Waals surface area contributed by atoms with Crippen LogP contribution in [0.25, 0.3) is 0 Å². The highest BCUT2D eigenvalue weighted by atomic mass is 32.2. The van der Waals surface area contributed by atoms with E-state index >= 15 is 0 Å². The van der Waals surface area contributed by atoms with Crippen LogP contribution in [-0.2, 0) is 0 Å². The number of carbonyl (C=O) groups excluding carboxylic acids is 2. The van der Waals surface area contributed by atoms with E-state index in [4.69, 9.17) is 0 Å². The van der Waals surface area contributed by atoms with Gasteiger partial charge in [-0.05, 0) is 30.8 Å². The van der Waals surface area contributed by atoms with Crippen LogP contribution in [0, 0.1) is 0 Å². The third-order valence-corrected chi connectivity index (χ3v) is 2.39. The minimum Gasteiger partial charge on any atom is -0.347 e. The number of rotatable bonds is 3. The number of amides is 1. The van der Waals surface area contributed by atoms with Gasteiger partial charge in [0, 0.05) is 17.0 Å². The number of thioether (sulfide) groups is 1. The Balaban J connectivity index is 2.59. The molecule has 0 atom stereocenters. The lowest BCUT2D eigenvalue weighted by Gasteiger charge is -2.01. The first kappa shape index (κ1) is 10.8. The number of hydrogen-bond donors (Lipinski definition) is 1. The Morgan fingerprint density at radius 1 is 1.43 bits per heavy atom. The topological polar surface area (TPSA) is 46.2 Å². The summed E-state index contributed by atoms with van der Waals surface area (Å²) >= 11 is 1.12. The second-order valence-corrected chi connectivity index (χ2v) is 3.65. The summed E-state index contributed by atoms with van der Waals surface area (Å²) in [5.41, 5.74) is 0.616. The molecule has 0 saturated heterocycles. The van der Waals surface area contributed by atoms with Crippen molar-refractivity contribution in [2.45, 2.75) is 11.8 Å². The first-order chi connectivity index (χ1) is 6.76. The van der Waals surface area contributed by atoms with E-state index in [1.807, 2.05) is 6.92 Å². The molecule has 0 unspecified atom stereocenters. The highest BCUT2D eigenvalue weighted by molar-refractivity contribution is 8.13. The van der Waals surface area contributed by atoms with Gasteiger partial charge < -0.3 is 5.32 Å². The van der Waals surface area contributed by atoms with Crippen LogP contribution in [0.4, 0.5) is 4.79 Å². The third kappa shape index (κ3) is 3.22. The molecule has 0 fully saturated rings. The molecule has 4 heteroatoms. The molecule has 1 rings (SSSR count). The lowest BCUT2D eigenvalue weighted by atomic mass is 10.2. The summed E-state index contributed by atoms with van der Waals surface area (Å²) < 4.78 is 0. The molecular formula is C10H11NO2S. The summed E-state index contributed by atoms with van der Waals surface area (Å²) in [7, 11) is 0. The molecule has 0 aliphatic carbocycles. The van der Waals surface area contributed by atoms with E-state index in [0.29, 0.717) is 12.1 Å². The van der Waals surface area contributed by atoms with Gasteiger partial charge in [0.1, 0.15) is 6.29 Å². The highest BCUT2D eigenvalue weighted by Gasteiger charge is 2.01. The van der Waals surface area contributed by atoms with Gasteiger partial charge in [-0.3, -0.25) is 9.59 Å². The summed E-state index contributed by atoms with van der Waals surface area (Å²) in [6, 6.07) is 6.89. The van der Waals surface area contributed by atoms with Gasteiger partial charge in [-0.1, -0.05) is 12.1 Å². The quantitative estimate of drug-likeness (QED) is 0.614. The Morgan fingerprint density at radius 2 is 2.07 bits per heavy atom. The molecule has 0 radical (unpaired) electrons. The van der Waals surface area contributed by atoms with Crippen molar-refractivity contribution in [3.63, 3.8) is 0 Å². The van der Waals surface area contributed by atoms with Crippen LogP contribution in [0.3, 0.4) is 0 Å². The van der Waals surface area contributed by atoms with E-state index in [1.165, 1.54) is 0 Å². The smallest absolute Gasteiger partial charge is 0.283 e. The zero-order valence-electron chi connectivity index (χ0n) is 7.82. The van der Waals surface area contributed by atoms with Crippen LogP contribution >= 0.6 is 11.8 Å². The van der Waals surface area contributed by atoms with Crippen LogP contribution < -0.4 is 5.32 Å². The Hall–Kier alpha value is -1.29. The van der Waals surface area contributed by atoms with Gasteiger partial charge in [0.15, 0.2) is 0 Å². The fraction of sp³-hybridized carbons (Fsp3) is 0.200. The Bertz CT molecular complexity index is 321. The van der Waals surface area contributed by atoms with E-state index in [2.05, 4.69) is 5.32 Å². The largest absolute Gasteiger partial charge is 0.347 e. The maximum absolute atomic E-state index is 11.1. The highest BCUT2D eigenvalue weighted by Crippen LogP contribution is 2.18. The Labute approximate surface area is 86.9 Å². The average molecular weight is 209 g/mol. The molecule has 0 saturated carbocycles. The maximum atomic E-state index is 11.1. The summed E-state index contributed by atoms with van der Waals surface area (Å²) in [6.45, 7) is 2.49. The average Bonchev–Trinajstić information content (AvgIpc) is 2.19. The van der Waals surface area contributed by atoms with E-state index < -0.39 is 0 Å². The minimum absolute atomic E-state index is 0.0775. The summed E-state index contributed by atoms with van der Waals surface area (Å²) in [4.78, 5) is 22.3. The maximum Gasteiger partial charge on any atom is 0.283 e. The normalized spacial score (nSPS) is 9.50. The predicted molar refractivity (Wildman–Crippen MR) is 56.8 cm³/mol. The predicted octanol–water partition coefficient (Wildman–Crippen LogP) is 2.32. The molecule has 0 spiro atoms. The molecular weight excluding hydrogens is 198 g/mol. The van der Waals surface area contributed by atoms with Crippen molar-refractivity contribution < 1.29 is 9.59 Å². The number of aldehydes is 1. The third-order valence-electron chi connectivity index (χ3n) is 1.55. The van der Waals surface area contributed by atoms with E-state index in [-0.39, 0.29) is 5.24 Å². The number of carbonyl (C=O) groups is 2. The molecule has 1 aromatic rings. The fourth-order valence-electron chi connectivity index (χ4n) is 0.902. The SMILES string of the molecule is CCNC(=O)Sc1ccc(C=O)cc1. The molecule has 3 nitrogen and oxygen atoms in total. The molecule has 0 bridgehead atoms. The van der Waals surface area contributed by atoms with Gasteiger partial charge in [-0.15, -0.1) is 0 Å². The van der Waals surface area contributed by atoms with Crippen molar-refractivity contribution in [3.8, 4) is 0 Å². The van der Waals surface area contributed by atoms with Gasteiger partial charge in [-0.2, -0.15) is 0 Å². The van der Waals surface area contributed by atoms with Crippen LogP contribution in [0.15, 0.2) is 29.2 Å². The molecule has 1 amide bonds. The number of benzene rings is 1. The Kier molecular flexibility index (Phi) is 4.19. The van der Waals surface area contributed by atoms with Gasteiger partial charge >= 0.3 is 0 Å². The van der Waals surface area contributed by atoms with Crippen LogP contribution in [-0.4, -0.2) is 18.1 Å². The molecule has 74 valence electrons. The zero-order valence-corrected chi connectivity index (χ0v) is 8.64. The summed E-state index contributed by atoms with van der Waals surface area (Å²) in [5.74, 6) is 0. The first-order valence-corrected chi connectivity index (χ1v) is 5.09. The molecule has 0 heterocycles. The van der Waals surface area contributed by atoms with Gasteiger partial charge in [0.25, 0.3) is 5.24 Å². The number of hydrogen-bond acceptors (Lipinski definition) is 3. The van der Waals surface area contributed by atoms with Crippen molar-refractivity contribution in [2.24, 2.45) is 0 Å². The molecule has 14 heavy (non-hydrogen) atoms. The lowest BCUT2D eigenvalue weighted by Crippen LogP contribution is -2.17. The van der Waals surface area contributed by atoms with Crippen molar-refractivity contribution in [3.05, 3.63) is 29.8 Å². The van der Waals surface area contributed by atoms with E-state index in [0.717, 1.165) is 22.9 Å². The molecule has 0 aliphatic heterocycles. The van der Waals surface area contributed by atoms with Crippen molar-refractivity contribution >= 4 is 23.3 Å². The van der Waals surface area contributed by atoms with Crippen LogP contribution in [0.5, 0.6) is 0 Å². The standard InChI is InChI=1S/C10H11NO2S/c1-2-11-10(13)14-9-5-3-8(7-12)4-6-9/h3-7H,2H2,1H3,(H,11,13). The molecule has 1 aromatic carbocycles. The van der Waals surface area contributed by atoms with Crippen molar-refractivity contribution in [1.82, 2.24) is 5.32 Å². The van der Waals surface area contributed by atoms with Crippen molar-refractivity contribution in [2.75, 3.05) is 6.54 Å². The van der Waals surface area contributed by atoms with Crippen molar-refractivity contribution in [1.29, 1.82) is 0 Å². The van der Waals surface area contributed by atoms with Gasteiger partial charge in [0.2, 0.25) is 0 Å². The molecule has 0 aliphatic rings. The van der Waals surface area contributed by atoms with E-state index in [9.17, 15) is 9.59 Å². The van der Waals surface area contributed by atoms with Gasteiger partial charge in [-0.25, -0.2) is 0 Å². The second-order valence-electron chi connectivity index (χ2n) is 2.61. The minimum atomic E-state index is -0.0775. The van der Waals surface area contributed by atoms with E-state index in [1.54, 1.807) is 24.3 Å². The monoisotopic (exact) mass is 209 g/mol. The van der Waals surface area contributed by atoms with Gasteiger partial charge in [0.05, 0.1) is 0 Å². The van der Waals surface area contributed by atoms with Crippen LogP contribution in [0.1, 0.15) is 17.3 Å². The zero-order chi connectivity index (χ0) is 10.4. The molecule has 0 aromatic heterocycles. The number of nitrogens with one attached hydrogen (secondary N) is 1. The second kappa shape index (κ2) is 5.44. The summed E-state index contributed by atoms with van der Waals surface area (Å²) in [5, 5.41) is 2.60. The summed E-state index contributed by atoms with van der Waals surface area (Å²) in [6.07, 6.45) is 0.778. The molecule has 1 N–H and O–H groups in total. The first-order valence-electron chi connectivity index (χ1n) is 4.27. The fourth-order valence-corrected chi connectivity index (χ4v) is 1.60.